The van der Waals surface area contributed by atoms with E-state index < -0.39 is 0 Å². The van der Waals surface area contributed by atoms with Crippen LogP contribution in [0, 0.1) is 0 Å². The summed E-state index contributed by atoms with van der Waals surface area (Å²) in [6.45, 7) is 1.42. The van der Waals surface area contributed by atoms with Crippen molar-refractivity contribution in [3.8, 4) is 0 Å². The Morgan fingerprint density at radius 3 is 2.36 bits per heavy atom. The van der Waals surface area contributed by atoms with Crippen LogP contribution in [0.5, 0.6) is 0 Å². The molecule has 1 aliphatic heterocycles. The van der Waals surface area contributed by atoms with Gasteiger partial charge in [-0.3, -0.25) is 11.3 Å². The number of carbonyl (C=O) groups is 1. The van der Waals surface area contributed by atoms with Crippen molar-refractivity contribution in [3.05, 3.63) is 0 Å². The van der Waals surface area contributed by atoms with Gasteiger partial charge >= 0.3 is 6.03 Å². The van der Waals surface area contributed by atoms with Crippen LogP contribution in [0.2, 0.25) is 0 Å². The maximum atomic E-state index is 10.6. The molecular formula is C6H14N4O. The average Bonchev–Trinajstić information content (AvgIpc) is 2.05. The molecule has 0 saturated carbocycles. The Hall–Kier alpha value is -0.810. The molecule has 1 saturated heterocycles. The third kappa shape index (κ3) is 2.06. The van der Waals surface area contributed by atoms with E-state index in [1.54, 1.807) is 4.90 Å². The molecule has 1 fully saturated rings. The summed E-state index contributed by atoms with van der Waals surface area (Å²) in [5.41, 5.74) is 7.77. The molecule has 0 aromatic rings. The lowest BCUT2D eigenvalue weighted by Gasteiger charge is -2.30. The van der Waals surface area contributed by atoms with Gasteiger partial charge in [0.1, 0.15) is 0 Å². The second-order valence-corrected chi connectivity index (χ2v) is 2.77. The highest BCUT2D eigenvalue weighted by atomic mass is 16.2. The Bertz CT molecular complexity index is 142. The number of nitrogens with one attached hydrogen (secondary N) is 1. The first-order chi connectivity index (χ1) is 5.24. The van der Waals surface area contributed by atoms with E-state index in [0.29, 0.717) is 19.1 Å². The van der Waals surface area contributed by atoms with E-state index in [4.69, 9.17) is 11.6 Å². The Balaban J connectivity index is 2.30. The van der Waals surface area contributed by atoms with Gasteiger partial charge in [0.15, 0.2) is 0 Å². The number of rotatable bonds is 1. The van der Waals surface area contributed by atoms with Gasteiger partial charge < -0.3 is 10.6 Å². The first-order valence-electron chi connectivity index (χ1n) is 3.74. The summed E-state index contributed by atoms with van der Waals surface area (Å²) in [7, 11) is 0. The lowest BCUT2D eigenvalue weighted by atomic mass is 10.1. The third-order valence-corrected chi connectivity index (χ3v) is 2.04. The predicted molar refractivity (Wildman–Crippen MR) is 41.5 cm³/mol. The molecule has 0 aromatic carbocycles. The molecule has 2 amide bonds. The van der Waals surface area contributed by atoms with Crippen LogP contribution in [0.25, 0.3) is 0 Å². The number of piperidine rings is 1. The summed E-state index contributed by atoms with van der Waals surface area (Å²) in [6, 6.07) is 0.00562. The van der Waals surface area contributed by atoms with Crippen molar-refractivity contribution in [3.63, 3.8) is 0 Å². The van der Waals surface area contributed by atoms with Gasteiger partial charge in [-0.1, -0.05) is 0 Å². The van der Waals surface area contributed by atoms with Gasteiger partial charge in [0.05, 0.1) is 0 Å². The second kappa shape index (κ2) is 3.54. The minimum atomic E-state index is -0.333. The second-order valence-electron chi connectivity index (χ2n) is 2.77. The number of urea groups is 1. The fourth-order valence-electron chi connectivity index (χ4n) is 1.27. The number of hydrogen-bond acceptors (Lipinski definition) is 3. The molecule has 11 heavy (non-hydrogen) atoms. The van der Waals surface area contributed by atoms with E-state index in [0.717, 1.165) is 12.8 Å². The number of primary amides is 1. The quantitative estimate of drug-likeness (QED) is 0.338. The minimum absolute atomic E-state index is 0.333. The molecule has 0 aromatic heterocycles. The van der Waals surface area contributed by atoms with Crippen molar-refractivity contribution in [2.45, 2.75) is 18.9 Å². The molecule has 0 atom stereocenters. The SMILES string of the molecule is NNC1CCN(C(N)=O)CC1. The number of carbonyl (C=O) groups excluding carboxylic acids is 1. The van der Waals surface area contributed by atoms with Gasteiger partial charge in [0.25, 0.3) is 0 Å². The Labute approximate surface area is 65.7 Å². The van der Waals surface area contributed by atoms with E-state index >= 15 is 0 Å². The summed E-state index contributed by atoms with van der Waals surface area (Å²) < 4.78 is 0. The topological polar surface area (TPSA) is 84.4 Å². The fraction of sp³-hybridized carbons (Fsp3) is 0.833. The number of hydrogen-bond donors (Lipinski definition) is 3. The van der Waals surface area contributed by atoms with Crippen LogP contribution < -0.4 is 17.0 Å². The van der Waals surface area contributed by atoms with Crippen molar-refractivity contribution in [2.75, 3.05) is 13.1 Å². The number of likely N-dealkylation sites (tertiary alicyclic amines) is 1. The van der Waals surface area contributed by atoms with Gasteiger partial charge in [-0.05, 0) is 12.8 Å². The van der Waals surface area contributed by atoms with Crippen molar-refractivity contribution >= 4 is 6.03 Å². The molecule has 5 nitrogen and oxygen atoms in total. The van der Waals surface area contributed by atoms with Crippen LogP contribution in [-0.4, -0.2) is 30.1 Å². The summed E-state index contributed by atoms with van der Waals surface area (Å²) in [4.78, 5) is 12.3. The van der Waals surface area contributed by atoms with Crippen LogP contribution >= 0.6 is 0 Å². The Morgan fingerprint density at radius 2 is 2.00 bits per heavy atom. The smallest absolute Gasteiger partial charge is 0.314 e. The zero-order chi connectivity index (χ0) is 8.27. The van der Waals surface area contributed by atoms with Gasteiger partial charge in [-0.25, -0.2) is 4.79 Å². The van der Waals surface area contributed by atoms with Gasteiger partial charge in [0.2, 0.25) is 0 Å². The van der Waals surface area contributed by atoms with Crippen molar-refractivity contribution in [1.29, 1.82) is 0 Å². The summed E-state index contributed by atoms with van der Waals surface area (Å²) in [6.07, 6.45) is 1.78. The molecule has 64 valence electrons. The maximum absolute atomic E-state index is 10.6. The van der Waals surface area contributed by atoms with Gasteiger partial charge in [-0.15, -0.1) is 0 Å². The summed E-state index contributed by atoms with van der Waals surface area (Å²) in [5, 5.41) is 0. The van der Waals surface area contributed by atoms with Crippen LogP contribution in [0.1, 0.15) is 12.8 Å². The molecular weight excluding hydrogens is 144 g/mol. The monoisotopic (exact) mass is 158 g/mol. The highest BCUT2D eigenvalue weighted by Gasteiger charge is 2.19. The molecule has 0 aliphatic carbocycles. The summed E-state index contributed by atoms with van der Waals surface area (Å²) >= 11 is 0. The highest BCUT2D eigenvalue weighted by Crippen LogP contribution is 2.08. The standard InChI is InChI=1S/C6H14N4O/c7-6(11)10-3-1-5(9-8)2-4-10/h5,9H,1-4,8H2,(H2,7,11). The number of nitrogens with zero attached hydrogens (tertiary/aromatic N) is 1. The van der Waals surface area contributed by atoms with E-state index in [9.17, 15) is 4.79 Å². The maximum Gasteiger partial charge on any atom is 0.314 e. The largest absolute Gasteiger partial charge is 0.351 e. The summed E-state index contributed by atoms with van der Waals surface area (Å²) in [5.74, 6) is 5.24. The van der Waals surface area contributed by atoms with E-state index in [-0.39, 0.29) is 6.03 Å². The third-order valence-electron chi connectivity index (χ3n) is 2.04. The molecule has 1 heterocycles. The van der Waals surface area contributed by atoms with Gasteiger partial charge in [0, 0.05) is 19.1 Å². The van der Waals surface area contributed by atoms with Crippen LogP contribution in [0.3, 0.4) is 0 Å². The van der Waals surface area contributed by atoms with Crippen LogP contribution in [0.15, 0.2) is 0 Å². The molecule has 0 unspecified atom stereocenters. The average molecular weight is 158 g/mol. The number of amides is 2. The molecule has 1 aliphatic rings. The van der Waals surface area contributed by atoms with Crippen LogP contribution in [-0.2, 0) is 0 Å². The molecule has 0 radical (unpaired) electrons. The zero-order valence-electron chi connectivity index (χ0n) is 6.42. The molecule has 5 heteroatoms. The van der Waals surface area contributed by atoms with E-state index in [1.165, 1.54) is 0 Å². The van der Waals surface area contributed by atoms with Crippen molar-refractivity contribution in [2.24, 2.45) is 11.6 Å². The lowest BCUT2D eigenvalue weighted by molar-refractivity contribution is 0.185. The molecule has 5 N–H and O–H groups in total. The highest BCUT2D eigenvalue weighted by molar-refractivity contribution is 5.72. The van der Waals surface area contributed by atoms with Crippen molar-refractivity contribution in [1.82, 2.24) is 10.3 Å². The lowest BCUT2D eigenvalue weighted by Crippen LogP contribution is -2.48. The van der Waals surface area contributed by atoms with Gasteiger partial charge in [-0.2, -0.15) is 0 Å². The fourth-order valence-corrected chi connectivity index (χ4v) is 1.27. The van der Waals surface area contributed by atoms with Crippen molar-refractivity contribution < 1.29 is 4.79 Å². The number of nitrogens with two attached hydrogens (primary N) is 2. The number of hydrazine groups is 1. The van der Waals surface area contributed by atoms with Crippen LogP contribution in [0.4, 0.5) is 4.79 Å². The van der Waals surface area contributed by atoms with E-state index in [1.807, 2.05) is 0 Å². The molecule has 1 rings (SSSR count). The van der Waals surface area contributed by atoms with E-state index in [2.05, 4.69) is 5.43 Å². The predicted octanol–water partition coefficient (Wildman–Crippen LogP) is -1.01. The zero-order valence-corrected chi connectivity index (χ0v) is 6.42. The first kappa shape index (κ1) is 8.29. The Kier molecular flexibility index (Phi) is 2.67. The first-order valence-corrected chi connectivity index (χ1v) is 3.74. The normalized spacial score (nSPS) is 20.3. The molecule has 0 bridgehead atoms. The molecule has 0 spiro atoms. The minimum Gasteiger partial charge on any atom is -0.351 e. The Morgan fingerprint density at radius 1 is 1.45 bits per heavy atom.